The fourth-order valence-corrected chi connectivity index (χ4v) is 5.30. The highest BCUT2D eigenvalue weighted by Gasteiger charge is 2.40. The highest BCUT2D eigenvalue weighted by atomic mass is 79.9. The maximum absolute atomic E-state index is 13.4. The second-order valence-electron chi connectivity index (χ2n) is 8.54. The molecule has 184 valence electrons. The Kier molecular flexibility index (Phi) is 7.76. The van der Waals surface area contributed by atoms with Crippen molar-refractivity contribution in [3.8, 4) is 0 Å². The van der Waals surface area contributed by atoms with Crippen molar-refractivity contribution in [2.45, 2.75) is 43.7 Å². The number of halogens is 2. The average molecular weight is 558 g/mol. The lowest BCUT2D eigenvalue weighted by Crippen LogP contribution is -2.41. The Hall–Kier alpha value is -2.80. The van der Waals surface area contributed by atoms with Gasteiger partial charge in [0.25, 0.3) is 15.9 Å². The van der Waals surface area contributed by atoms with Crippen LogP contribution < -0.4 is 15.4 Å². The highest BCUT2D eigenvalue weighted by molar-refractivity contribution is 9.10. The molecule has 1 aliphatic heterocycles. The quantitative estimate of drug-likeness (QED) is 0.372. The molecule has 0 bridgehead atoms. The Morgan fingerprint density at radius 2 is 2.03 bits per heavy atom. The van der Waals surface area contributed by atoms with Crippen LogP contribution in [0.3, 0.4) is 0 Å². The Bertz CT molecular complexity index is 1190. The number of amides is 2. The van der Waals surface area contributed by atoms with Crippen molar-refractivity contribution in [2.75, 3.05) is 18.1 Å². The van der Waals surface area contributed by atoms with Crippen LogP contribution in [0, 0.1) is 11.9 Å². The monoisotopic (exact) mass is 557 g/mol. The van der Waals surface area contributed by atoms with Crippen LogP contribution in [0.2, 0.25) is 0 Å². The Morgan fingerprint density at radius 3 is 2.71 bits per heavy atom. The van der Waals surface area contributed by atoms with Crippen LogP contribution in [-0.4, -0.2) is 49.1 Å². The molecule has 0 aromatic carbocycles. The minimum atomic E-state index is -4.40. The van der Waals surface area contributed by atoms with Crippen molar-refractivity contribution in [3.63, 3.8) is 0 Å². The van der Waals surface area contributed by atoms with E-state index in [1.165, 1.54) is 18.2 Å². The van der Waals surface area contributed by atoms with Crippen molar-refractivity contribution in [2.24, 2.45) is 11.7 Å². The number of hydrogen-bond donors (Lipinski definition) is 2. The van der Waals surface area contributed by atoms with Crippen LogP contribution in [0.4, 0.5) is 15.0 Å². The first-order valence-electron chi connectivity index (χ1n) is 10.5. The van der Waals surface area contributed by atoms with Crippen LogP contribution >= 0.6 is 15.9 Å². The van der Waals surface area contributed by atoms with E-state index in [1.54, 1.807) is 0 Å². The molecule has 0 aliphatic carbocycles. The summed E-state index contributed by atoms with van der Waals surface area (Å²) in [5.41, 5.74) is 4.65. The highest BCUT2D eigenvalue weighted by Crippen LogP contribution is 2.39. The fourth-order valence-electron chi connectivity index (χ4n) is 4.07. The average Bonchev–Trinajstić information content (AvgIpc) is 3.04. The van der Waals surface area contributed by atoms with E-state index in [0.29, 0.717) is 23.4 Å². The van der Waals surface area contributed by atoms with Crippen molar-refractivity contribution >= 4 is 43.8 Å². The lowest BCUT2D eigenvalue weighted by molar-refractivity contribution is 0.0981. The molecule has 0 spiro atoms. The molecule has 13 heteroatoms. The van der Waals surface area contributed by atoms with Gasteiger partial charge in [-0.05, 0) is 79.2 Å². The number of sulfonamides is 1. The topological polar surface area (TPSA) is 145 Å². The molecule has 2 amide bonds. The van der Waals surface area contributed by atoms with Crippen LogP contribution in [0.5, 0.6) is 0 Å². The van der Waals surface area contributed by atoms with Gasteiger partial charge in [0.05, 0.1) is 12.2 Å². The summed E-state index contributed by atoms with van der Waals surface area (Å²) in [4.78, 5) is 33.5. The molecule has 34 heavy (non-hydrogen) atoms. The Balaban J connectivity index is 1.83. The molecule has 10 nitrogen and oxygen atoms in total. The van der Waals surface area contributed by atoms with Gasteiger partial charge in [-0.25, -0.2) is 19.5 Å². The summed E-state index contributed by atoms with van der Waals surface area (Å²) in [6.45, 7) is 4.79. The maximum atomic E-state index is 13.4. The SMILES string of the molecule is CC1(C)CC(CCCOC(N)=O)CN1c1nc(Br)ccc1C(=O)NS(=O)(=O)c1cccc(F)n1. The first-order valence-corrected chi connectivity index (χ1v) is 12.7. The van der Waals surface area contributed by atoms with Crippen LogP contribution in [0.25, 0.3) is 0 Å². The number of nitrogens with two attached hydrogens (primary N) is 1. The normalized spacial score (nSPS) is 17.4. The molecular formula is C21H25BrFN5O5S. The maximum Gasteiger partial charge on any atom is 0.404 e. The number of primary amides is 1. The van der Waals surface area contributed by atoms with Crippen LogP contribution in [0.1, 0.15) is 43.5 Å². The number of pyridine rings is 2. The molecule has 0 radical (unpaired) electrons. The molecule has 1 fully saturated rings. The van der Waals surface area contributed by atoms with E-state index in [0.717, 1.165) is 25.0 Å². The fraction of sp³-hybridized carbons (Fsp3) is 0.429. The second-order valence-corrected chi connectivity index (χ2v) is 11.0. The number of hydrogen-bond acceptors (Lipinski definition) is 8. The molecule has 1 saturated heterocycles. The van der Waals surface area contributed by atoms with Crippen molar-refractivity contribution in [1.29, 1.82) is 0 Å². The zero-order chi connectivity index (χ0) is 25.1. The predicted octanol–water partition coefficient (Wildman–Crippen LogP) is 2.98. The molecule has 0 saturated carbocycles. The molecule has 3 heterocycles. The van der Waals surface area contributed by atoms with E-state index in [9.17, 15) is 22.4 Å². The Labute approximate surface area is 205 Å². The summed E-state index contributed by atoms with van der Waals surface area (Å²) in [5.74, 6) is -1.35. The number of nitrogens with one attached hydrogen (secondary N) is 1. The number of aromatic nitrogens is 2. The molecule has 3 rings (SSSR count). The third kappa shape index (κ3) is 6.20. The molecular weight excluding hydrogens is 533 g/mol. The largest absolute Gasteiger partial charge is 0.450 e. The van der Waals surface area contributed by atoms with E-state index in [-0.39, 0.29) is 23.6 Å². The number of ether oxygens (including phenoxy) is 1. The minimum Gasteiger partial charge on any atom is -0.450 e. The smallest absolute Gasteiger partial charge is 0.404 e. The first-order chi connectivity index (χ1) is 15.9. The van der Waals surface area contributed by atoms with Gasteiger partial charge in [0.1, 0.15) is 10.4 Å². The number of carbonyl (C=O) groups excluding carboxylic acids is 2. The number of rotatable bonds is 8. The number of nitrogens with zero attached hydrogens (tertiary/aromatic N) is 3. The third-order valence-corrected chi connectivity index (χ3v) is 7.17. The standard InChI is InChI=1S/C21H25BrFN5O5S/c1-21(2)11-13(5-4-10-33-20(24)30)12-28(21)18-14(8-9-15(22)25-18)19(29)27-34(31,32)17-7-3-6-16(23)26-17/h3,6-9,13H,4-5,10-12H2,1-2H3,(H2,24,30)(H,27,29). The lowest BCUT2D eigenvalue weighted by atomic mass is 9.93. The number of anilines is 1. The summed E-state index contributed by atoms with van der Waals surface area (Å²) in [6, 6.07) is 6.29. The van der Waals surface area contributed by atoms with Gasteiger partial charge < -0.3 is 15.4 Å². The van der Waals surface area contributed by atoms with Gasteiger partial charge in [0.15, 0.2) is 5.03 Å². The minimum absolute atomic E-state index is 0.0500. The second kappa shape index (κ2) is 10.2. The summed E-state index contributed by atoms with van der Waals surface area (Å²) < 4.78 is 45.8. The zero-order valence-electron chi connectivity index (χ0n) is 18.6. The molecule has 1 unspecified atom stereocenters. The van der Waals surface area contributed by atoms with E-state index in [4.69, 9.17) is 10.5 Å². The van der Waals surface area contributed by atoms with Crippen LogP contribution in [-0.2, 0) is 14.8 Å². The first kappa shape index (κ1) is 25.8. The van der Waals surface area contributed by atoms with E-state index in [2.05, 4.69) is 25.9 Å². The molecule has 2 aromatic rings. The summed E-state index contributed by atoms with van der Waals surface area (Å²) in [5, 5.41) is -0.604. The van der Waals surface area contributed by atoms with Gasteiger partial charge in [-0.2, -0.15) is 12.8 Å². The van der Waals surface area contributed by atoms with Crippen molar-refractivity contribution < 1.29 is 27.1 Å². The van der Waals surface area contributed by atoms with Crippen molar-refractivity contribution in [3.05, 3.63) is 46.4 Å². The van der Waals surface area contributed by atoms with Gasteiger partial charge >= 0.3 is 6.09 Å². The molecule has 1 atom stereocenters. The van der Waals surface area contributed by atoms with Gasteiger partial charge in [0.2, 0.25) is 5.95 Å². The molecule has 1 aliphatic rings. The zero-order valence-corrected chi connectivity index (χ0v) is 21.0. The summed E-state index contributed by atoms with van der Waals surface area (Å²) >= 11 is 3.32. The van der Waals surface area contributed by atoms with E-state index in [1.807, 2.05) is 23.5 Å². The van der Waals surface area contributed by atoms with Crippen LogP contribution in [0.15, 0.2) is 40.0 Å². The summed E-state index contributed by atoms with van der Waals surface area (Å²) in [6.07, 6.45) is 1.37. The Morgan fingerprint density at radius 1 is 1.29 bits per heavy atom. The molecule has 3 N–H and O–H groups in total. The van der Waals surface area contributed by atoms with E-state index < -0.39 is 33.0 Å². The van der Waals surface area contributed by atoms with Gasteiger partial charge in [-0.3, -0.25) is 4.79 Å². The number of carbonyl (C=O) groups is 2. The third-order valence-electron chi connectivity index (χ3n) is 5.49. The predicted molar refractivity (Wildman–Crippen MR) is 125 cm³/mol. The van der Waals surface area contributed by atoms with Crippen molar-refractivity contribution in [1.82, 2.24) is 14.7 Å². The van der Waals surface area contributed by atoms with Gasteiger partial charge in [0, 0.05) is 12.1 Å². The van der Waals surface area contributed by atoms with Gasteiger partial charge in [-0.1, -0.05) is 6.07 Å². The van der Waals surface area contributed by atoms with E-state index >= 15 is 0 Å². The lowest BCUT2D eigenvalue weighted by Gasteiger charge is -2.33. The summed E-state index contributed by atoms with van der Waals surface area (Å²) in [7, 11) is -4.40. The molecule has 2 aromatic heterocycles. The van der Waals surface area contributed by atoms with Gasteiger partial charge in [-0.15, -0.1) is 0 Å².